The molecule has 1 saturated carbocycles. The number of nitrogens with zero attached hydrogens (tertiary/aromatic N) is 2. The minimum absolute atomic E-state index is 0.104. The third kappa shape index (κ3) is 2.84. The zero-order valence-electron chi connectivity index (χ0n) is 14.6. The number of hydrogen-bond acceptors (Lipinski definition) is 6. The van der Waals surface area contributed by atoms with Gasteiger partial charge in [0.25, 0.3) is 0 Å². The molecule has 1 N–H and O–H groups in total. The predicted molar refractivity (Wildman–Crippen MR) is 91.7 cm³/mol. The van der Waals surface area contributed by atoms with E-state index in [1.165, 1.54) is 5.56 Å². The van der Waals surface area contributed by atoms with Crippen LogP contribution in [-0.4, -0.2) is 56.4 Å². The summed E-state index contributed by atoms with van der Waals surface area (Å²) < 4.78 is 10.9. The number of oxime groups is 1. The van der Waals surface area contributed by atoms with Crippen LogP contribution in [0.2, 0.25) is 0 Å². The van der Waals surface area contributed by atoms with Gasteiger partial charge in [-0.15, -0.1) is 0 Å². The summed E-state index contributed by atoms with van der Waals surface area (Å²) in [4.78, 5) is 7.26. The van der Waals surface area contributed by atoms with Crippen LogP contribution in [-0.2, 0) is 10.3 Å². The highest BCUT2D eigenvalue weighted by atomic mass is 16.7. The maximum Gasteiger partial charge on any atom is 0.214 e. The third-order valence-electron chi connectivity index (χ3n) is 5.58. The van der Waals surface area contributed by atoms with Crippen molar-refractivity contribution in [3.8, 4) is 11.5 Å². The number of likely N-dealkylation sites (N-methyl/N-ethyl adjacent to an activating group) is 1. The molecule has 1 aromatic rings. The Morgan fingerprint density at radius 1 is 1.25 bits per heavy atom. The molecule has 1 aromatic carbocycles. The zero-order valence-corrected chi connectivity index (χ0v) is 14.6. The second kappa shape index (κ2) is 6.99. The second-order valence-corrected chi connectivity index (χ2v) is 6.59. The van der Waals surface area contributed by atoms with Gasteiger partial charge in [-0.25, -0.2) is 0 Å². The van der Waals surface area contributed by atoms with Crippen molar-refractivity contribution in [2.45, 2.75) is 37.1 Å². The second-order valence-electron chi connectivity index (χ2n) is 6.59. The van der Waals surface area contributed by atoms with E-state index < -0.39 is 0 Å². The molecule has 2 aliphatic rings. The van der Waals surface area contributed by atoms with E-state index in [4.69, 9.17) is 19.4 Å². The van der Waals surface area contributed by atoms with Gasteiger partial charge in [-0.05, 0) is 50.6 Å². The first-order chi connectivity index (χ1) is 11.6. The molecule has 0 unspecified atom stereocenters. The minimum Gasteiger partial charge on any atom is -0.493 e. The van der Waals surface area contributed by atoms with Gasteiger partial charge in [0.05, 0.1) is 19.9 Å². The summed E-state index contributed by atoms with van der Waals surface area (Å²) in [6, 6.07) is 6.67. The van der Waals surface area contributed by atoms with Gasteiger partial charge in [0.1, 0.15) is 0 Å². The summed E-state index contributed by atoms with van der Waals surface area (Å²) in [7, 11) is 5.50. The van der Waals surface area contributed by atoms with Gasteiger partial charge in [0.15, 0.2) is 11.5 Å². The number of methoxy groups -OCH3 is 2. The number of aliphatic hydroxyl groups is 1. The lowest BCUT2D eigenvalue weighted by Crippen LogP contribution is -2.46. The van der Waals surface area contributed by atoms with Crippen LogP contribution in [0.1, 0.15) is 31.2 Å². The molecule has 0 radical (unpaired) electrons. The molecule has 3 rings (SSSR count). The molecule has 0 amide bonds. The van der Waals surface area contributed by atoms with Crippen molar-refractivity contribution in [1.29, 1.82) is 0 Å². The van der Waals surface area contributed by atoms with E-state index in [0.29, 0.717) is 6.04 Å². The number of ether oxygens (including phenoxy) is 2. The Bertz CT molecular complexity index is 619. The summed E-state index contributed by atoms with van der Waals surface area (Å²) in [5.41, 5.74) is 2.43. The van der Waals surface area contributed by atoms with Crippen LogP contribution in [0.15, 0.2) is 23.4 Å². The van der Waals surface area contributed by atoms with E-state index in [-0.39, 0.29) is 12.2 Å². The lowest BCUT2D eigenvalue weighted by Gasteiger charge is -2.42. The molecule has 1 aliphatic carbocycles. The van der Waals surface area contributed by atoms with Crippen molar-refractivity contribution < 1.29 is 19.4 Å². The molecular weight excluding hydrogens is 308 g/mol. The summed E-state index contributed by atoms with van der Waals surface area (Å²) in [5, 5.41) is 12.9. The molecular formula is C18H26N2O4. The fourth-order valence-corrected chi connectivity index (χ4v) is 4.29. The molecule has 1 heterocycles. The normalized spacial score (nSPS) is 28.7. The van der Waals surface area contributed by atoms with E-state index in [1.807, 2.05) is 6.07 Å². The Morgan fingerprint density at radius 2 is 2.04 bits per heavy atom. The van der Waals surface area contributed by atoms with Crippen molar-refractivity contribution in [2.24, 2.45) is 5.16 Å². The zero-order chi connectivity index (χ0) is 17.2. The van der Waals surface area contributed by atoms with Crippen LogP contribution < -0.4 is 9.47 Å². The fraction of sp³-hybridized carbons (Fsp3) is 0.611. The lowest BCUT2D eigenvalue weighted by atomic mass is 9.65. The topological polar surface area (TPSA) is 63.5 Å². The van der Waals surface area contributed by atoms with Gasteiger partial charge in [-0.3, -0.25) is 0 Å². The number of benzene rings is 1. The van der Waals surface area contributed by atoms with Crippen molar-refractivity contribution in [1.82, 2.24) is 4.90 Å². The lowest BCUT2D eigenvalue weighted by molar-refractivity contribution is 0.000546. The van der Waals surface area contributed by atoms with Gasteiger partial charge in [-0.1, -0.05) is 11.2 Å². The van der Waals surface area contributed by atoms with E-state index in [9.17, 15) is 0 Å². The van der Waals surface area contributed by atoms with Crippen LogP contribution in [0.4, 0.5) is 0 Å². The Balaban J connectivity index is 1.94. The molecule has 6 nitrogen and oxygen atoms in total. The predicted octanol–water partition coefficient (Wildman–Crippen LogP) is 2.15. The van der Waals surface area contributed by atoms with Crippen LogP contribution in [0.25, 0.3) is 0 Å². The smallest absolute Gasteiger partial charge is 0.214 e. The van der Waals surface area contributed by atoms with Gasteiger partial charge in [0, 0.05) is 17.9 Å². The van der Waals surface area contributed by atoms with Crippen LogP contribution in [0.5, 0.6) is 11.5 Å². The maximum absolute atomic E-state index is 8.81. The Morgan fingerprint density at radius 3 is 2.75 bits per heavy atom. The summed E-state index contributed by atoms with van der Waals surface area (Å²) in [6.45, 7) is 0.692. The van der Waals surface area contributed by atoms with E-state index in [1.54, 1.807) is 14.2 Å². The van der Waals surface area contributed by atoms with Gasteiger partial charge >= 0.3 is 0 Å². The molecule has 0 bridgehead atoms. The van der Waals surface area contributed by atoms with Crippen molar-refractivity contribution in [3.05, 3.63) is 23.8 Å². The SMILES string of the molecule is COc1ccc([C@@]23CC/C(=N\OCO)C[C@@H]2N(C)CC3)cc1OC. The molecule has 1 aliphatic heterocycles. The number of aliphatic hydroxyl groups excluding tert-OH is 1. The van der Waals surface area contributed by atoms with Crippen LogP contribution in [0, 0.1) is 0 Å². The molecule has 132 valence electrons. The van der Waals surface area contributed by atoms with E-state index in [2.05, 4.69) is 29.2 Å². The summed E-state index contributed by atoms with van der Waals surface area (Å²) >= 11 is 0. The number of likely N-dealkylation sites (tertiary alicyclic amines) is 1. The average Bonchev–Trinajstić information content (AvgIpc) is 2.97. The Labute approximate surface area is 143 Å². The highest BCUT2D eigenvalue weighted by Crippen LogP contribution is 2.49. The first kappa shape index (κ1) is 17.0. The molecule has 6 heteroatoms. The molecule has 0 aromatic heterocycles. The van der Waals surface area contributed by atoms with Gasteiger partial charge in [-0.2, -0.15) is 0 Å². The van der Waals surface area contributed by atoms with E-state index in [0.717, 1.165) is 49.4 Å². The third-order valence-corrected chi connectivity index (χ3v) is 5.58. The Kier molecular flexibility index (Phi) is 4.96. The number of rotatable bonds is 5. The summed E-state index contributed by atoms with van der Waals surface area (Å²) in [6.07, 6.45) is 3.90. The number of hydrogen-bond donors (Lipinski definition) is 1. The highest BCUT2D eigenvalue weighted by molar-refractivity contribution is 5.86. The molecule has 2 fully saturated rings. The number of fused-ring (bicyclic) bond motifs is 1. The average molecular weight is 334 g/mol. The van der Waals surface area contributed by atoms with Gasteiger partial charge in [0.2, 0.25) is 6.79 Å². The van der Waals surface area contributed by atoms with E-state index >= 15 is 0 Å². The minimum atomic E-state index is -0.370. The van der Waals surface area contributed by atoms with Crippen LogP contribution in [0.3, 0.4) is 0 Å². The van der Waals surface area contributed by atoms with Crippen molar-refractivity contribution >= 4 is 5.71 Å². The maximum atomic E-state index is 8.81. The largest absolute Gasteiger partial charge is 0.493 e. The van der Waals surface area contributed by atoms with Crippen LogP contribution >= 0.6 is 0 Å². The highest BCUT2D eigenvalue weighted by Gasteiger charge is 2.50. The Hall–Kier alpha value is -1.79. The molecule has 2 atom stereocenters. The summed E-state index contributed by atoms with van der Waals surface area (Å²) in [5.74, 6) is 1.54. The van der Waals surface area contributed by atoms with Crippen molar-refractivity contribution in [2.75, 3.05) is 34.6 Å². The molecule has 1 saturated heterocycles. The van der Waals surface area contributed by atoms with Gasteiger partial charge < -0.3 is 24.3 Å². The first-order valence-electron chi connectivity index (χ1n) is 8.36. The molecule has 0 spiro atoms. The quantitative estimate of drug-likeness (QED) is 0.660. The van der Waals surface area contributed by atoms with Crippen molar-refractivity contribution in [3.63, 3.8) is 0 Å². The fourth-order valence-electron chi connectivity index (χ4n) is 4.29. The standard InChI is InChI=1S/C18H26N2O4/c1-20-9-8-18(7-6-14(11-17(18)20)19-24-12-21)13-4-5-15(22-2)16(10-13)23-3/h4-5,10,17,21H,6-9,11-12H2,1-3H3/b19-14+/t17-,18-/m0/s1. The first-order valence-corrected chi connectivity index (χ1v) is 8.36. The molecule has 24 heavy (non-hydrogen) atoms. The monoisotopic (exact) mass is 334 g/mol.